The van der Waals surface area contributed by atoms with Gasteiger partial charge in [-0.25, -0.2) is 14.6 Å². The van der Waals surface area contributed by atoms with Crippen molar-refractivity contribution < 1.29 is 33.7 Å². The first-order chi connectivity index (χ1) is 21.9. The van der Waals surface area contributed by atoms with Crippen LogP contribution in [0.3, 0.4) is 0 Å². The molecule has 1 amide bonds. The Balaban J connectivity index is 1.60. The van der Waals surface area contributed by atoms with Crippen LogP contribution in [0.25, 0.3) is 22.3 Å². The number of amides is 1. The van der Waals surface area contributed by atoms with Gasteiger partial charge in [0, 0.05) is 17.5 Å². The number of rotatable bonds is 8. The van der Waals surface area contributed by atoms with Gasteiger partial charge in [-0.1, -0.05) is 40.8 Å². The highest BCUT2D eigenvalue weighted by Crippen LogP contribution is 2.42. The summed E-state index contributed by atoms with van der Waals surface area (Å²) in [4.78, 5) is 57.8. The standard InChI is InChI=1S/C35H45N3O8Si/c1-10-35(45-28(40)13-14-36-33(43)46-34(5,6)7)25-16-27-29-23(17-38(27)31(41)24(25)18-44-32(35)42)30(47(8,9)20(4)19(2)3)22-15-21(39)11-12-26(22)37-29/h11-12,15-16,19-20,39H,10,13-14,17-18H2,1-9H3,(H,36,43)/t20?,35-/m0/s1. The van der Waals surface area contributed by atoms with E-state index >= 15 is 0 Å². The van der Waals surface area contributed by atoms with Crippen LogP contribution < -0.4 is 16.1 Å². The Morgan fingerprint density at radius 3 is 2.49 bits per heavy atom. The van der Waals surface area contributed by atoms with Crippen molar-refractivity contribution in [2.75, 3.05) is 6.54 Å². The van der Waals surface area contributed by atoms with Crippen molar-refractivity contribution in [1.29, 1.82) is 0 Å². The second-order valence-electron chi connectivity index (χ2n) is 14.5. The average molecular weight is 664 g/mol. The van der Waals surface area contributed by atoms with Crippen LogP contribution in [-0.4, -0.2) is 52.9 Å². The van der Waals surface area contributed by atoms with Crippen molar-refractivity contribution in [2.24, 2.45) is 5.92 Å². The summed E-state index contributed by atoms with van der Waals surface area (Å²) in [6, 6.07) is 6.92. The number of nitrogens with one attached hydrogen (secondary N) is 1. The molecule has 0 spiro atoms. The molecule has 0 fully saturated rings. The molecule has 11 nitrogen and oxygen atoms in total. The lowest BCUT2D eigenvalue weighted by molar-refractivity contribution is -0.189. The molecule has 2 N–H and O–H groups in total. The predicted octanol–water partition coefficient (Wildman–Crippen LogP) is 5.21. The molecular formula is C35H45N3O8Si. The van der Waals surface area contributed by atoms with E-state index in [9.17, 15) is 24.3 Å². The molecular weight excluding hydrogens is 618 g/mol. The maximum absolute atomic E-state index is 14.2. The molecule has 0 radical (unpaired) electrons. The molecule has 5 rings (SSSR count). The second kappa shape index (κ2) is 12.1. The van der Waals surface area contributed by atoms with E-state index in [2.05, 4.69) is 39.2 Å². The SMILES string of the molecule is CC[C@@]1(OC(=O)CCNC(=O)OC(C)(C)C)C(=O)OCc2c1cc1n(c2=O)Cc2c-1nc1ccc(O)cc1c2[Si](C)(C)C(C)C(C)C. The Kier molecular flexibility index (Phi) is 8.80. The van der Waals surface area contributed by atoms with Gasteiger partial charge in [0.15, 0.2) is 0 Å². The number of phenolic OH excluding ortho intramolecular Hbond substituents is 1. The van der Waals surface area contributed by atoms with Crippen LogP contribution in [0.1, 0.15) is 78.0 Å². The van der Waals surface area contributed by atoms with Gasteiger partial charge >= 0.3 is 18.0 Å². The van der Waals surface area contributed by atoms with Crippen molar-refractivity contribution in [2.45, 2.75) is 104 Å². The number of aromatic nitrogens is 2. The summed E-state index contributed by atoms with van der Waals surface area (Å²) in [5.74, 6) is -0.938. The second-order valence-corrected chi connectivity index (χ2v) is 19.3. The van der Waals surface area contributed by atoms with E-state index in [1.54, 1.807) is 56.5 Å². The Hall–Kier alpha value is -4.19. The number of nitrogens with zero attached hydrogens (tertiary/aromatic N) is 2. The van der Waals surface area contributed by atoms with Gasteiger partial charge in [-0.3, -0.25) is 9.59 Å². The topological polar surface area (TPSA) is 146 Å². The molecule has 2 aliphatic rings. The van der Waals surface area contributed by atoms with E-state index in [1.807, 2.05) is 0 Å². The third-order valence-electron chi connectivity index (χ3n) is 9.71. The van der Waals surface area contributed by atoms with Gasteiger partial charge in [0.2, 0.25) is 5.60 Å². The third kappa shape index (κ3) is 6.03. The number of ether oxygens (including phenoxy) is 3. The molecule has 1 unspecified atom stereocenters. The van der Waals surface area contributed by atoms with Crippen molar-refractivity contribution >= 4 is 42.2 Å². The number of fused-ring (bicyclic) bond motifs is 5. The minimum Gasteiger partial charge on any atom is -0.508 e. The number of carbonyl (C=O) groups excluding carboxylic acids is 3. The van der Waals surface area contributed by atoms with Crippen molar-refractivity contribution in [3.8, 4) is 17.1 Å². The Morgan fingerprint density at radius 2 is 1.85 bits per heavy atom. The molecule has 12 heteroatoms. The van der Waals surface area contributed by atoms with Crippen LogP contribution in [0, 0.1) is 5.92 Å². The van der Waals surface area contributed by atoms with E-state index in [0.717, 1.165) is 16.1 Å². The monoisotopic (exact) mass is 663 g/mol. The van der Waals surface area contributed by atoms with Crippen LogP contribution in [0.4, 0.5) is 4.79 Å². The summed E-state index contributed by atoms with van der Waals surface area (Å²) >= 11 is 0. The van der Waals surface area contributed by atoms with Crippen LogP contribution in [0.5, 0.6) is 5.75 Å². The van der Waals surface area contributed by atoms with Crippen molar-refractivity contribution in [3.05, 3.63) is 51.3 Å². The van der Waals surface area contributed by atoms with Gasteiger partial charge < -0.3 is 29.2 Å². The molecule has 2 aromatic heterocycles. The largest absolute Gasteiger partial charge is 0.508 e. The number of esters is 2. The molecule has 2 aliphatic heterocycles. The lowest BCUT2D eigenvalue weighted by Crippen LogP contribution is -2.49. The number of carbonyl (C=O) groups is 3. The Morgan fingerprint density at radius 1 is 1.15 bits per heavy atom. The summed E-state index contributed by atoms with van der Waals surface area (Å²) in [5.41, 5.74) is 0.849. The number of cyclic esters (lactones) is 1. The fourth-order valence-electron chi connectivity index (χ4n) is 6.85. The number of alkyl carbamates (subject to hydrolysis) is 1. The van der Waals surface area contributed by atoms with Gasteiger partial charge in [0.25, 0.3) is 5.56 Å². The number of aromatic hydroxyl groups is 1. The van der Waals surface area contributed by atoms with Gasteiger partial charge in [0.1, 0.15) is 18.0 Å². The first-order valence-corrected chi connectivity index (χ1v) is 19.3. The maximum atomic E-state index is 14.2. The molecule has 0 saturated heterocycles. The highest BCUT2D eigenvalue weighted by Gasteiger charge is 2.51. The molecule has 3 aromatic rings. The minimum atomic E-state index is -2.23. The zero-order valence-electron chi connectivity index (χ0n) is 28.7. The van der Waals surface area contributed by atoms with Crippen LogP contribution in [0.15, 0.2) is 29.1 Å². The quantitative estimate of drug-likeness (QED) is 0.147. The fourth-order valence-corrected chi connectivity index (χ4v) is 10.8. The van der Waals surface area contributed by atoms with Gasteiger partial charge in [-0.15, -0.1) is 0 Å². The highest BCUT2D eigenvalue weighted by atomic mass is 28.3. The van der Waals surface area contributed by atoms with Crippen molar-refractivity contribution in [3.63, 3.8) is 0 Å². The molecule has 4 heterocycles. The van der Waals surface area contributed by atoms with E-state index in [-0.39, 0.29) is 55.0 Å². The molecule has 2 atom stereocenters. The molecule has 47 heavy (non-hydrogen) atoms. The average Bonchev–Trinajstić information content (AvgIpc) is 3.34. The van der Waals surface area contributed by atoms with Gasteiger partial charge in [-0.2, -0.15) is 0 Å². The predicted molar refractivity (Wildman–Crippen MR) is 180 cm³/mol. The number of hydrogen-bond donors (Lipinski definition) is 2. The summed E-state index contributed by atoms with van der Waals surface area (Å²) in [7, 11) is -2.23. The molecule has 252 valence electrons. The normalized spacial score (nSPS) is 17.9. The summed E-state index contributed by atoms with van der Waals surface area (Å²) in [6.07, 6.45) is -0.876. The maximum Gasteiger partial charge on any atom is 0.407 e. The first-order valence-electron chi connectivity index (χ1n) is 16.2. The number of hydrogen-bond acceptors (Lipinski definition) is 9. The smallest absolute Gasteiger partial charge is 0.407 e. The molecule has 0 saturated carbocycles. The Labute approximate surface area is 275 Å². The number of pyridine rings is 2. The highest BCUT2D eigenvalue weighted by molar-refractivity contribution is 6.93. The van der Waals surface area contributed by atoms with Crippen LogP contribution in [0.2, 0.25) is 18.6 Å². The summed E-state index contributed by atoms with van der Waals surface area (Å²) in [5, 5.41) is 15.1. The molecule has 1 aromatic carbocycles. The minimum absolute atomic E-state index is 0.0291. The van der Waals surface area contributed by atoms with E-state index in [4.69, 9.17) is 19.2 Å². The zero-order chi connectivity index (χ0) is 34.6. The van der Waals surface area contributed by atoms with Gasteiger partial charge in [0.05, 0.1) is 43.5 Å². The lowest BCUT2D eigenvalue weighted by atomic mass is 9.85. The first kappa shape index (κ1) is 34.1. The lowest BCUT2D eigenvalue weighted by Gasteiger charge is -2.35. The van der Waals surface area contributed by atoms with Crippen LogP contribution in [-0.2, 0) is 42.6 Å². The molecule has 0 aliphatic carbocycles. The Bertz CT molecular complexity index is 1840. The van der Waals surface area contributed by atoms with Gasteiger partial charge in [-0.05, 0) is 73.7 Å². The zero-order valence-corrected chi connectivity index (χ0v) is 29.7. The molecule has 0 bridgehead atoms. The summed E-state index contributed by atoms with van der Waals surface area (Å²) in [6.45, 7) is 18.2. The van der Waals surface area contributed by atoms with E-state index in [0.29, 0.717) is 28.4 Å². The van der Waals surface area contributed by atoms with Crippen LogP contribution >= 0.6 is 0 Å². The third-order valence-corrected chi connectivity index (χ3v) is 14.5. The number of phenols is 1. The van der Waals surface area contributed by atoms with Crippen molar-refractivity contribution in [1.82, 2.24) is 14.9 Å². The fraction of sp³-hybridized carbons (Fsp3) is 0.514. The number of benzene rings is 1. The summed E-state index contributed by atoms with van der Waals surface area (Å²) < 4.78 is 18.2. The van der Waals surface area contributed by atoms with E-state index < -0.39 is 37.3 Å². The van der Waals surface area contributed by atoms with E-state index in [1.165, 1.54) is 0 Å².